The summed E-state index contributed by atoms with van der Waals surface area (Å²) >= 11 is 0. The second-order valence-electron chi connectivity index (χ2n) is 4.68. The van der Waals surface area contributed by atoms with Gasteiger partial charge in [-0.3, -0.25) is 4.79 Å². The summed E-state index contributed by atoms with van der Waals surface area (Å²) in [5.74, 6) is 0.192. The highest BCUT2D eigenvalue weighted by Crippen LogP contribution is 2.16. The number of primary amides is 1. The Labute approximate surface area is 97.2 Å². The highest BCUT2D eigenvalue weighted by molar-refractivity contribution is 5.76. The fraction of sp³-hybridized carbons (Fsp3) is 0.833. The molecule has 0 aromatic heterocycles. The smallest absolute Gasteiger partial charge is 0.220 e. The van der Waals surface area contributed by atoms with Crippen molar-refractivity contribution in [3.8, 4) is 0 Å². The molecule has 92 valence electrons. The molecule has 1 heterocycles. The van der Waals surface area contributed by atoms with Gasteiger partial charge in [-0.15, -0.1) is 0 Å². The molecule has 0 atom stereocenters. The summed E-state index contributed by atoms with van der Waals surface area (Å²) in [6.45, 7) is 4.61. The second-order valence-corrected chi connectivity index (χ2v) is 4.68. The van der Waals surface area contributed by atoms with E-state index < -0.39 is 0 Å². The van der Waals surface area contributed by atoms with Crippen LogP contribution in [0.4, 0.5) is 0 Å². The summed E-state index contributed by atoms with van der Waals surface area (Å²) in [4.78, 5) is 24.1. The van der Waals surface area contributed by atoms with Gasteiger partial charge in [0.2, 0.25) is 5.91 Å². The van der Waals surface area contributed by atoms with E-state index in [2.05, 4.69) is 4.90 Å². The predicted octanol–water partition coefficient (Wildman–Crippen LogP) is 0.943. The topological polar surface area (TPSA) is 63.4 Å². The molecule has 1 aliphatic heterocycles. The Kier molecular flexibility index (Phi) is 5.46. The predicted molar refractivity (Wildman–Crippen MR) is 62.9 cm³/mol. The zero-order valence-electron chi connectivity index (χ0n) is 10.1. The lowest BCUT2D eigenvalue weighted by atomic mass is 9.96. The molecule has 0 unspecified atom stereocenters. The number of likely N-dealkylation sites (tertiary alicyclic amines) is 1. The van der Waals surface area contributed by atoms with Gasteiger partial charge in [0, 0.05) is 12.3 Å². The molecule has 0 aromatic carbocycles. The lowest BCUT2D eigenvalue weighted by molar-refractivity contribution is -0.123. The van der Waals surface area contributed by atoms with Crippen LogP contribution >= 0.6 is 0 Å². The molecule has 2 N–H and O–H groups in total. The first-order valence-corrected chi connectivity index (χ1v) is 6.10. The molecule has 1 rings (SSSR count). The van der Waals surface area contributed by atoms with E-state index in [-0.39, 0.29) is 17.6 Å². The molecule has 0 aliphatic carbocycles. The average Bonchev–Trinajstić information content (AvgIpc) is 2.25. The van der Waals surface area contributed by atoms with Crippen LogP contribution in [0.1, 0.15) is 39.0 Å². The monoisotopic (exact) mass is 226 g/mol. The van der Waals surface area contributed by atoms with Crippen molar-refractivity contribution in [1.82, 2.24) is 4.90 Å². The Balaban J connectivity index is 2.08. The van der Waals surface area contributed by atoms with E-state index in [0.717, 1.165) is 45.3 Å². The van der Waals surface area contributed by atoms with Crippen LogP contribution in [0.3, 0.4) is 0 Å². The van der Waals surface area contributed by atoms with E-state index in [9.17, 15) is 9.59 Å². The molecular weight excluding hydrogens is 204 g/mol. The highest BCUT2D eigenvalue weighted by Gasteiger charge is 2.22. The highest BCUT2D eigenvalue weighted by atomic mass is 16.1. The van der Waals surface area contributed by atoms with E-state index in [4.69, 9.17) is 5.73 Å². The van der Waals surface area contributed by atoms with Gasteiger partial charge in [0.25, 0.3) is 0 Å². The van der Waals surface area contributed by atoms with E-state index >= 15 is 0 Å². The molecule has 4 heteroatoms. The zero-order chi connectivity index (χ0) is 12.0. The SMILES string of the molecule is CC(=O)CCCCN1CCC(C(N)=O)CC1. The zero-order valence-corrected chi connectivity index (χ0v) is 10.1. The molecule has 0 saturated carbocycles. The largest absolute Gasteiger partial charge is 0.369 e. The Morgan fingerprint density at radius 3 is 2.38 bits per heavy atom. The lowest BCUT2D eigenvalue weighted by Crippen LogP contribution is -2.38. The van der Waals surface area contributed by atoms with Crippen molar-refractivity contribution in [3.63, 3.8) is 0 Å². The minimum absolute atomic E-state index is 0.0773. The van der Waals surface area contributed by atoms with E-state index in [1.807, 2.05) is 0 Å². The van der Waals surface area contributed by atoms with Crippen LogP contribution in [-0.4, -0.2) is 36.2 Å². The quantitative estimate of drug-likeness (QED) is 0.686. The van der Waals surface area contributed by atoms with Crippen molar-refractivity contribution in [2.45, 2.75) is 39.0 Å². The van der Waals surface area contributed by atoms with Gasteiger partial charge in [0.15, 0.2) is 0 Å². The number of nitrogens with zero attached hydrogens (tertiary/aromatic N) is 1. The van der Waals surface area contributed by atoms with Crippen molar-refractivity contribution in [2.75, 3.05) is 19.6 Å². The number of nitrogens with two attached hydrogens (primary N) is 1. The fourth-order valence-corrected chi connectivity index (χ4v) is 2.15. The van der Waals surface area contributed by atoms with E-state index in [1.165, 1.54) is 0 Å². The third-order valence-electron chi connectivity index (χ3n) is 3.24. The number of hydrogen-bond donors (Lipinski definition) is 1. The minimum Gasteiger partial charge on any atom is -0.369 e. The van der Waals surface area contributed by atoms with Crippen molar-refractivity contribution in [3.05, 3.63) is 0 Å². The molecule has 0 aromatic rings. The van der Waals surface area contributed by atoms with Crippen LogP contribution in [0.25, 0.3) is 0 Å². The summed E-state index contributed by atoms with van der Waals surface area (Å²) in [6, 6.07) is 0. The number of Topliss-reactive ketones (excluding diaryl/α,β-unsaturated/α-hetero) is 1. The van der Waals surface area contributed by atoms with Crippen molar-refractivity contribution >= 4 is 11.7 Å². The van der Waals surface area contributed by atoms with E-state index in [1.54, 1.807) is 6.92 Å². The van der Waals surface area contributed by atoms with Crippen LogP contribution in [0, 0.1) is 5.92 Å². The van der Waals surface area contributed by atoms with Gasteiger partial charge < -0.3 is 15.4 Å². The number of hydrogen-bond acceptors (Lipinski definition) is 3. The molecule has 0 spiro atoms. The number of carbonyl (C=O) groups is 2. The molecule has 16 heavy (non-hydrogen) atoms. The molecule has 4 nitrogen and oxygen atoms in total. The Morgan fingerprint density at radius 2 is 1.88 bits per heavy atom. The second kappa shape index (κ2) is 6.63. The van der Waals surface area contributed by atoms with Crippen LogP contribution < -0.4 is 5.73 Å². The van der Waals surface area contributed by atoms with Crippen molar-refractivity contribution in [1.29, 1.82) is 0 Å². The first kappa shape index (κ1) is 13.2. The van der Waals surface area contributed by atoms with Gasteiger partial charge in [-0.1, -0.05) is 0 Å². The average molecular weight is 226 g/mol. The lowest BCUT2D eigenvalue weighted by Gasteiger charge is -2.30. The van der Waals surface area contributed by atoms with Gasteiger partial charge in [-0.25, -0.2) is 0 Å². The van der Waals surface area contributed by atoms with Gasteiger partial charge in [0.05, 0.1) is 0 Å². The molecule has 0 bridgehead atoms. The van der Waals surface area contributed by atoms with Gasteiger partial charge in [-0.2, -0.15) is 0 Å². The number of piperidine rings is 1. The summed E-state index contributed by atoms with van der Waals surface area (Å²) < 4.78 is 0. The molecule has 0 radical (unpaired) electrons. The van der Waals surface area contributed by atoms with Crippen LogP contribution in [0.15, 0.2) is 0 Å². The molecule has 1 aliphatic rings. The van der Waals surface area contributed by atoms with Crippen LogP contribution in [0.2, 0.25) is 0 Å². The van der Waals surface area contributed by atoms with Crippen molar-refractivity contribution < 1.29 is 9.59 Å². The number of carbonyl (C=O) groups excluding carboxylic acids is 2. The van der Waals surface area contributed by atoms with Crippen LogP contribution in [-0.2, 0) is 9.59 Å². The molecule has 1 amide bonds. The number of unbranched alkanes of at least 4 members (excludes halogenated alkanes) is 1. The Bertz CT molecular complexity index is 245. The summed E-state index contributed by atoms with van der Waals surface area (Å²) in [5, 5.41) is 0. The summed E-state index contributed by atoms with van der Waals surface area (Å²) in [6.07, 6.45) is 4.52. The maximum atomic E-state index is 11.0. The third-order valence-corrected chi connectivity index (χ3v) is 3.24. The molecule has 1 saturated heterocycles. The standard InChI is InChI=1S/C12H22N2O2/c1-10(15)4-2-3-7-14-8-5-11(6-9-14)12(13)16/h11H,2-9H2,1H3,(H2,13,16). The molecular formula is C12H22N2O2. The normalized spacial score (nSPS) is 18.6. The van der Waals surface area contributed by atoms with Crippen molar-refractivity contribution in [2.24, 2.45) is 11.7 Å². The van der Waals surface area contributed by atoms with Crippen LogP contribution in [0.5, 0.6) is 0 Å². The van der Waals surface area contributed by atoms with E-state index in [0.29, 0.717) is 6.42 Å². The molecule has 1 fully saturated rings. The number of ketones is 1. The first-order chi connectivity index (χ1) is 7.59. The first-order valence-electron chi connectivity index (χ1n) is 6.10. The third kappa shape index (κ3) is 4.75. The summed E-state index contributed by atoms with van der Waals surface area (Å²) in [5.41, 5.74) is 5.27. The fourth-order valence-electron chi connectivity index (χ4n) is 2.15. The Morgan fingerprint density at radius 1 is 1.25 bits per heavy atom. The minimum atomic E-state index is -0.156. The number of rotatable bonds is 6. The van der Waals surface area contributed by atoms with Gasteiger partial charge in [0.1, 0.15) is 5.78 Å². The van der Waals surface area contributed by atoms with Gasteiger partial charge in [-0.05, 0) is 52.2 Å². The maximum Gasteiger partial charge on any atom is 0.220 e. The number of amides is 1. The maximum absolute atomic E-state index is 11.0. The van der Waals surface area contributed by atoms with Gasteiger partial charge >= 0.3 is 0 Å². The summed E-state index contributed by atoms with van der Waals surface area (Å²) in [7, 11) is 0. The Hall–Kier alpha value is -0.900.